The number of aromatic nitrogens is 1. The number of phenolic OH excluding ortho intramolecular Hbond substituents is 1. The molecule has 4 heteroatoms. The van der Waals surface area contributed by atoms with Gasteiger partial charge in [0.25, 0.3) is 0 Å². The summed E-state index contributed by atoms with van der Waals surface area (Å²) in [5.41, 5.74) is 2.69. The van der Waals surface area contributed by atoms with Crippen LogP contribution in [0.4, 0.5) is 0 Å². The number of benzene rings is 2. The first-order chi connectivity index (χ1) is 12.1. The molecule has 124 valence electrons. The van der Waals surface area contributed by atoms with E-state index in [1.54, 1.807) is 36.4 Å². The third kappa shape index (κ3) is 4.54. The van der Waals surface area contributed by atoms with Gasteiger partial charge in [-0.3, -0.25) is 9.59 Å². The average Bonchev–Trinajstić information content (AvgIpc) is 3.07. The van der Waals surface area contributed by atoms with Crippen molar-refractivity contribution in [3.63, 3.8) is 0 Å². The van der Waals surface area contributed by atoms with E-state index in [4.69, 9.17) is 0 Å². The average molecular weight is 331 g/mol. The van der Waals surface area contributed by atoms with Gasteiger partial charge in [0.1, 0.15) is 5.75 Å². The molecule has 0 amide bonds. The van der Waals surface area contributed by atoms with Gasteiger partial charge in [0.2, 0.25) is 0 Å². The number of nitrogens with one attached hydrogen (secondary N) is 1. The van der Waals surface area contributed by atoms with E-state index < -0.39 is 0 Å². The first kappa shape index (κ1) is 16.5. The van der Waals surface area contributed by atoms with Crippen LogP contribution in [0.2, 0.25) is 0 Å². The highest BCUT2D eigenvalue weighted by Gasteiger charge is 2.04. The van der Waals surface area contributed by atoms with Gasteiger partial charge in [-0.15, -0.1) is 0 Å². The second-order valence-corrected chi connectivity index (χ2v) is 5.69. The molecule has 0 bridgehead atoms. The van der Waals surface area contributed by atoms with E-state index in [1.807, 2.05) is 30.5 Å². The lowest BCUT2D eigenvalue weighted by Gasteiger charge is -1.96. The maximum atomic E-state index is 11.9. The Balaban J connectivity index is 1.57. The summed E-state index contributed by atoms with van der Waals surface area (Å²) < 4.78 is 0. The molecule has 0 radical (unpaired) electrons. The fourth-order valence-electron chi connectivity index (χ4n) is 2.42. The molecule has 0 saturated carbocycles. The van der Waals surface area contributed by atoms with Crippen molar-refractivity contribution in [2.24, 2.45) is 0 Å². The number of fused-ring (bicyclic) bond motifs is 1. The Morgan fingerprint density at radius 3 is 2.24 bits per heavy atom. The Hall–Kier alpha value is -3.40. The van der Waals surface area contributed by atoms with Crippen molar-refractivity contribution >= 4 is 34.6 Å². The van der Waals surface area contributed by atoms with E-state index >= 15 is 0 Å². The van der Waals surface area contributed by atoms with Gasteiger partial charge in [0, 0.05) is 11.7 Å². The molecule has 2 N–H and O–H groups in total. The number of phenols is 1. The van der Waals surface area contributed by atoms with Crippen molar-refractivity contribution in [2.75, 3.05) is 0 Å². The molecule has 0 unspecified atom stereocenters. The third-order valence-electron chi connectivity index (χ3n) is 3.74. The van der Waals surface area contributed by atoms with Crippen LogP contribution < -0.4 is 0 Å². The van der Waals surface area contributed by atoms with Crippen molar-refractivity contribution in [2.45, 2.75) is 6.42 Å². The minimum Gasteiger partial charge on any atom is -0.508 e. The second kappa shape index (κ2) is 7.45. The van der Waals surface area contributed by atoms with Crippen molar-refractivity contribution in [3.05, 3.63) is 78.0 Å². The molecule has 3 rings (SSSR count). The summed E-state index contributed by atoms with van der Waals surface area (Å²) in [5, 5.41) is 10.3. The predicted molar refractivity (Wildman–Crippen MR) is 99.1 cm³/mol. The number of hydrogen-bond acceptors (Lipinski definition) is 3. The number of allylic oxidation sites excluding steroid dienone is 2. The molecule has 3 aromatic rings. The quantitative estimate of drug-likeness (QED) is 0.527. The lowest BCUT2D eigenvalue weighted by Crippen LogP contribution is -2.01. The Morgan fingerprint density at radius 1 is 0.880 bits per heavy atom. The minimum atomic E-state index is -0.262. The number of rotatable bonds is 6. The topological polar surface area (TPSA) is 70.2 Å². The van der Waals surface area contributed by atoms with E-state index in [1.165, 1.54) is 12.2 Å². The number of aromatic amines is 1. The number of aromatic hydroxyl groups is 1. The van der Waals surface area contributed by atoms with Gasteiger partial charge in [0.15, 0.2) is 11.6 Å². The van der Waals surface area contributed by atoms with Crippen LogP contribution >= 0.6 is 0 Å². The summed E-state index contributed by atoms with van der Waals surface area (Å²) >= 11 is 0. The summed E-state index contributed by atoms with van der Waals surface area (Å²) in [6.07, 6.45) is 7.83. The summed E-state index contributed by atoms with van der Waals surface area (Å²) in [5.74, 6) is -0.337. The number of ketones is 2. The summed E-state index contributed by atoms with van der Waals surface area (Å²) in [7, 11) is 0. The van der Waals surface area contributed by atoms with Gasteiger partial charge in [-0.1, -0.05) is 36.4 Å². The van der Waals surface area contributed by atoms with Crippen molar-refractivity contribution < 1.29 is 14.7 Å². The molecule has 0 saturated heterocycles. The minimum absolute atomic E-state index is 0.168. The molecule has 0 fully saturated rings. The number of H-pyrrole nitrogens is 1. The highest BCUT2D eigenvalue weighted by Crippen LogP contribution is 2.15. The Labute approximate surface area is 145 Å². The predicted octanol–water partition coefficient (Wildman–Crippen LogP) is 4.13. The molecule has 0 aliphatic rings. The maximum absolute atomic E-state index is 11.9. The zero-order valence-corrected chi connectivity index (χ0v) is 13.5. The first-order valence-corrected chi connectivity index (χ1v) is 7.88. The molecule has 0 aliphatic carbocycles. The molecule has 0 spiro atoms. The van der Waals surface area contributed by atoms with Gasteiger partial charge in [-0.2, -0.15) is 0 Å². The van der Waals surface area contributed by atoms with Crippen LogP contribution in [-0.2, 0) is 9.59 Å². The molecule has 0 atom stereocenters. The van der Waals surface area contributed by atoms with Crippen molar-refractivity contribution in [3.8, 4) is 5.75 Å². The molecule has 1 heterocycles. The van der Waals surface area contributed by atoms with Gasteiger partial charge in [0.05, 0.1) is 6.42 Å². The standard InChI is InChI=1S/C21H17NO3/c23-18-7-2-15(3-8-18)4-9-19(24)14-20(25)10-5-16-1-6-17-11-12-22-21(17)13-16/h1-13,22-23H,14H2. The van der Waals surface area contributed by atoms with Crippen LogP contribution in [0.15, 0.2) is 66.9 Å². The monoisotopic (exact) mass is 331 g/mol. The highest BCUT2D eigenvalue weighted by molar-refractivity contribution is 6.10. The lowest BCUT2D eigenvalue weighted by molar-refractivity contribution is -0.121. The normalized spacial score (nSPS) is 11.5. The van der Waals surface area contributed by atoms with Crippen LogP contribution in [0, 0.1) is 0 Å². The Bertz CT molecular complexity index is 962. The fraction of sp³-hybridized carbons (Fsp3) is 0.0476. The van der Waals surface area contributed by atoms with E-state index in [9.17, 15) is 14.7 Å². The first-order valence-electron chi connectivity index (χ1n) is 7.88. The number of hydrogen-bond donors (Lipinski definition) is 2. The smallest absolute Gasteiger partial charge is 0.163 e. The second-order valence-electron chi connectivity index (χ2n) is 5.69. The molecule has 1 aromatic heterocycles. The van der Waals surface area contributed by atoms with E-state index in [0.717, 1.165) is 22.0 Å². The highest BCUT2D eigenvalue weighted by atomic mass is 16.3. The summed E-state index contributed by atoms with van der Waals surface area (Å²) in [6, 6.07) is 14.3. The zero-order valence-electron chi connectivity index (χ0n) is 13.5. The largest absolute Gasteiger partial charge is 0.508 e. The molecular formula is C21H17NO3. The Morgan fingerprint density at radius 2 is 1.52 bits per heavy atom. The summed E-state index contributed by atoms with van der Waals surface area (Å²) in [6.45, 7) is 0. The van der Waals surface area contributed by atoms with E-state index in [0.29, 0.717) is 0 Å². The van der Waals surface area contributed by atoms with E-state index in [-0.39, 0.29) is 23.7 Å². The molecule has 2 aromatic carbocycles. The fourth-order valence-corrected chi connectivity index (χ4v) is 2.42. The molecule has 0 aliphatic heterocycles. The van der Waals surface area contributed by atoms with Crippen LogP contribution in [0.5, 0.6) is 5.75 Å². The third-order valence-corrected chi connectivity index (χ3v) is 3.74. The maximum Gasteiger partial charge on any atom is 0.163 e. The zero-order chi connectivity index (χ0) is 17.6. The van der Waals surface area contributed by atoms with Crippen molar-refractivity contribution in [1.82, 2.24) is 4.98 Å². The van der Waals surface area contributed by atoms with Crippen LogP contribution in [-0.4, -0.2) is 21.7 Å². The summed E-state index contributed by atoms with van der Waals surface area (Å²) in [4.78, 5) is 26.9. The van der Waals surface area contributed by atoms with Gasteiger partial charge in [-0.25, -0.2) is 0 Å². The van der Waals surface area contributed by atoms with Crippen LogP contribution in [0.25, 0.3) is 23.1 Å². The van der Waals surface area contributed by atoms with Gasteiger partial charge >= 0.3 is 0 Å². The molecular weight excluding hydrogens is 314 g/mol. The number of carbonyl (C=O) groups is 2. The Kier molecular flexibility index (Phi) is 4.90. The van der Waals surface area contributed by atoms with Gasteiger partial charge in [-0.05, 0) is 52.9 Å². The van der Waals surface area contributed by atoms with E-state index in [2.05, 4.69) is 4.98 Å². The van der Waals surface area contributed by atoms with Crippen molar-refractivity contribution in [1.29, 1.82) is 0 Å². The van der Waals surface area contributed by atoms with Crippen LogP contribution in [0.3, 0.4) is 0 Å². The van der Waals surface area contributed by atoms with Gasteiger partial charge < -0.3 is 10.1 Å². The lowest BCUT2D eigenvalue weighted by atomic mass is 10.1. The molecule has 25 heavy (non-hydrogen) atoms. The molecule has 4 nitrogen and oxygen atoms in total. The van der Waals surface area contributed by atoms with Crippen LogP contribution in [0.1, 0.15) is 17.5 Å². The SMILES string of the molecule is O=C(C=Cc1ccc(O)cc1)CC(=O)C=Cc1ccc2cc[nH]c2c1. The number of carbonyl (C=O) groups excluding carboxylic acids is 2.